The predicted octanol–water partition coefficient (Wildman–Crippen LogP) is 4.59. The van der Waals surface area contributed by atoms with Gasteiger partial charge in [-0.05, 0) is 44.1 Å². The molecule has 3 rings (SSSR count). The van der Waals surface area contributed by atoms with E-state index in [4.69, 9.17) is 13.9 Å². The molecule has 0 saturated carbocycles. The second-order valence-electron chi connectivity index (χ2n) is 7.53. The van der Waals surface area contributed by atoms with E-state index >= 15 is 0 Å². The van der Waals surface area contributed by atoms with Crippen LogP contribution in [0.5, 0.6) is 5.75 Å². The highest BCUT2D eigenvalue weighted by Crippen LogP contribution is 2.42. The molecule has 26 heavy (non-hydrogen) atoms. The Hall–Kier alpha value is -1.75. The van der Waals surface area contributed by atoms with Gasteiger partial charge in [-0.25, -0.2) is 4.79 Å². The Kier molecular flexibility index (Phi) is 6.07. The van der Waals surface area contributed by atoms with E-state index in [9.17, 15) is 9.90 Å². The molecule has 5 heteroatoms. The van der Waals surface area contributed by atoms with E-state index in [1.165, 1.54) is 0 Å². The van der Waals surface area contributed by atoms with Crippen LogP contribution in [0, 0.1) is 5.92 Å². The van der Waals surface area contributed by atoms with Crippen LogP contribution in [-0.2, 0) is 15.1 Å². The maximum atomic E-state index is 12.8. The molecule has 3 heterocycles. The van der Waals surface area contributed by atoms with Gasteiger partial charge in [0.05, 0.1) is 6.26 Å². The average molecular weight is 362 g/mol. The summed E-state index contributed by atoms with van der Waals surface area (Å²) >= 11 is 0. The van der Waals surface area contributed by atoms with Crippen LogP contribution in [0.2, 0.25) is 0 Å². The molecule has 2 aliphatic heterocycles. The SMILES string of the molecule is CCCC1(c2c(O)cc(C(CC)CC3CCOCC3)oc2=O)CC=CO1. The van der Waals surface area contributed by atoms with Crippen LogP contribution in [-0.4, -0.2) is 18.3 Å². The lowest BCUT2D eigenvalue weighted by Gasteiger charge is -2.29. The number of hydrogen-bond acceptors (Lipinski definition) is 5. The Morgan fingerprint density at radius 2 is 2.08 bits per heavy atom. The molecule has 2 atom stereocenters. The molecule has 0 aromatic carbocycles. The second kappa shape index (κ2) is 8.30. The summed E-state index contributed by atoms with van der Waals surface area (Å²) in [6, 6.07) is 1.64. The fourth-order valence-corrected chi connectivity index (χ4v) is 4.30. The third kappa shape index (κ3) is 3.83. The smallest absolute Gasteiger partial charge is 0.347 e. The topological polar surface area (TPSA) is 68.9 Å². The minimum absolute atomic E-state index is 0.00109. The number of hydrogen-bond donors (Lipinski definition) is 1. The quantitative estimate of drug-likeness (QED) is 0.768. The van der Waals surface area contributed by atoms with Gasteiger partial charge >= 0.3 is 5.63 Å². The lowest BCUT2D eigenvalue weighted by Crippen LogP contribution is -2.31. The first kappa shape index (κ1) is 19.0. The minimum Gasteiger partial charge on any atom is -0.507 e. The summed E-state index contributed by atoms with van der Waals surface area (Å²) in [6.45, 7) is 5.74. The van der Waals surface area contributed by atoms with Gasteiger partial charge in [0, 0.05) is 31.6 Å². The van der Waals surface area contributed by atoms with Gasteiger partial charge in [0.15, 0.2) is 0 Å². The maximum Gasteiger partial charge on any atom is 0.347 e. The van der Waals surface area contributed by atoms with Crippen molar-refractivity contribution < 1.29 is 19.0 Å². The van der Waals surface area contributed by atoms with Crippen molar-refractivity contribution in [3.63, 3.8) is 0 Å². The zero-order valence-corrected chi connectivity index (χ0v) is 15.8. The van der Waals surface area contributed by atoms with Crippen molar-refractivity contribution in [2.45, 2.75) is 70.3 Å². The first-order chi connectivity index (χ1) is 12.6. The van der Waals surface area contributed by atoms with Crippen molar-refractivity contribution in [3.8, 4) is 5.75 Å². The van der Waals surface area contributed by atoms with Crippen LogP contribution in [0.25, 0.3) is 0 Å². The molecule has 1 N–H and O–H groups in total. The van der Waals surface area contributed by atoms with E-state index in [-0.39, 0.29) is 17.2 Å². The molecular formula is C21H30O5. The molecule has 0 spiro atoms. The lowest BCUT2D eigenvalue weighted by atomic mass is 9.84. The molecule has 1 aromatic rings. The Morgan fingerprint density at radius 1 is 1.31 bits per heavy atom. The first-order valence-electron chi connectivity index (χ1n) is 9.87. The molecule has 5 nitrogen and oxygen atoms in total. The highest BCUT2D eigenvalue weighted by atomic mass is 16.5. The van der Waals surface area contributed by atoms with Gasteiger partial charge in [0.1, 0.15) is 22.7 Å². The summed E-state index contributed by atoms with van der Waals surface area (Å²) in [7, 11) is 0. The van der Waals surface area contributed by atoms with Crippen LogP contribution < -0.4 is 5.63 Å². The zero-order chi connectivity index (χ0) is 18.6. The molecular weight excluding hydrogens is 332 g/mol. The van der Waals surface area contributed by atoms with Crippen LogP contribution in [0.4, 0.5) is 0 Å². The van der Waals surface area contributed by atoms with Crippen LogP contribution in [0.1, 0.15) is 76.0 Å². The van der Waals surface area contributed by atoms with Crippen LogP contribution >= 0.6 is 0 Å². The zero-order valence-electron chi connectivity index (χ0n) is 15.8. The van der Waals surface area contributed by atoms with Gasteiger partial charge < -0.3 is 19.0 Å². The Balaban J connectivity index is 1.87. The van der Waals surface area contributed by atoms with Crippen molar-refractivity contribution >= 4 is 0 Å². The van der Waals surface area contributed by atoms with Crippen molar-refractivity contribution in [2.24, 2.45) is 5.92 Å². The largest absolute Gasteiger partial charge is 0.507 e. The van der Waals surface area contributed by atoms with Crippen molar-refractivity contribution in [3.05, 3.63) is 40.1 Å². The van der Waals surface area contributed by atoms with E-state index in [0.717, 1.165) is 45.3 Å². The van der Waals surface area contributed by atoms with E-state index in [1.807, 2.05) is 13.0 Å². The van der Waals surface area contributed by atoms with E-state index in [1.54, 1.807) is 12.3 Å². The second-order valence-corrected chi connectivity index (χ2v) is 7.53. The summed E-state index contributed by atoms with van der Waals surface area (Å²) in [5.74, 6) is 1.30. The summed E-state index contributed by atoms with van der Waals surface area (Å²) in [6.07, 6.45) is 9.52. The van der Waals surface area contributed by atoms with E-state index < -0.39 is 11.2 Å². The lowest BCUT2D eigenvalue weighted by molar-refractivity contribution is 0.0255. The van der Waals surface area contributed by atoms with Gasteiger partial charge in [-0.1, -0.05) is 20.3 Å². The Morgan fingerprint density at radius 3 is 2.65 bits per heavy atom. The van der Waals surface area contributed by atoms with Crippen molar-refractivity contribution in [1.29, 1.82) is 0 Å². The molecule has 1 fully saturated rings. The van der Waals surface area contributed by atoms with Gasteiger partial charge in [-0.3, -0.25) is 0 Å². The molecule has 2 unspecified atom stereocenters. The van der Waals surface area contributed by atoms with Crippen LogP contribution in [0.15, 0.2) is 27.6 Å². The molecule has 0 bridgehead atoms. The van der Waals surface area contributed by atoms with Crippen LogP contribution in [0.3, 0.4) is 0 Å². The van der Waals surface area contributed by atoms with E-state index in [2.05, 4.69) is 6.92 Å². The van der Waals surface area contributed by atoms with E-state index in [0.29, 0.717) is 24.5 Å². The molecule has 1 aromatic heterocycles. The summed E-state index contributed by atoms with van der Waals surface area (Å²) < 4.78 is 16.9. The maximum absolute atomic E-state index is 12.8. The molecule has 0 radical (unpaired) electrons. The molecule has 1 saturated heterocycles. The summed E-state index contributed by atoms with van der Waals surface area (Å²) in [5, 5.41) is 10.7. The fourth-order valence-electron chi connectivity index (χ4n) is 4.30. The normalized spacial score (nSPS) is 24.5. The minimum atomic E-state index is -0.791. The van der Waals surface area contributed by atoms with Crippen molar-refractivity contribution in [1.82, 2.24) is 0 Å². The Bertz CT molecular complexity index is 676. The third-order valence-electron chi connectivity index (χ3n) is 5.75. The molecule has 0 amide bonds. The molecule has 2 aliphatic rings. The van der Waals surface area contributed by atoms with Gasteiger partial charge in [0.25, 0.3) is 0 Å². The van der Waals surface area contributed by atoms with Gasteiger partial charge in [-0.15, -0.1) is 0 Å². The predicted molar refractivity (Wildman–Crippen MR) is 99.3 cm³/mol. The van der Waals surface area contributed by atoms with Gasteiger partial charge in [0.2, 0.25) is 0 Å². The summed E-state index contributed by atoms with van der Waals surface area (Å²) in [4.78, 5) is 12.8. The van der Waals surface area contributed by atoms with Gasteiger partial charge in [-0.2, -0.15) is 0 Å². The standard InChI is InChI=1S/C21H30O5/c1-3-8-21(9-5-10-25-21)19-17(22)14-18(26-20(19)23)16(4-2)13-15-6-11-24-12-7-15/h5,10,14-16,22H,3-4,6-9,11-13H2,1-2H3. The highest BCUT2D eigenvalue weighted by molar-refractivity contribution is 5.37. The highest BCUT2D eigenvalue weighted by Gasteiger charge is 2.40. The third-order valence-corrected chi connectivity index (χ3v) is 5.75. The first-order valence-corrected chi connectivity index (χ1v) is 9.87. The molecule has 0 aliphatic carbocycles. The summed E-state index contributed by atoms with van der Waals surface area (Å²) in [5.41, 5.74) is -1.00. The monoisotopic (exact) mass is 362 g/mol. The fraction of sp³-hybridized carbons (Fsp3) is 0.667. The van der Waals surface area contributed by atoms with Crippen molar-refractivity contribution in [2.75, 3.05) is 13.2 Å². The number of aromatic hydroxyl groups is 1. The average Bonchev–Trinajstić information content (AvgIpc) is 3.09. The molecule has 144 valence electrons. The number of rotatable bonds is 7. The Labute approximate surface area is 155 Å². The number of ether oxygens (including phenoxy) is 2.